The standard InChI is InChI=1S/C16H30N2O6/c1-2-3-4-5-6-7-14(19)17-8-9-18(12-15(20)21)10-11-24-13-16(22)23/h2-13H2,1H3,(H,17,19)(H,20,21)(H,22,23). The lowest BCUT2D eigenvalue weighted by Crippen LogP contribution is -2.39. The second kappa shape index (κ2) is 14.9. The fraction of sp³-hybridized carbons (Fsp3) is 0.812. The molecule has 0 aromatic heterocycles. The highest BCUT2D eigenvalue weighted by molar-refractivity contribution is 5.75. The van der Waals surface area contributed by atoms with Crippen molar-refractivity contribution in [2.75, 3.05) is 39.4 Å². The van der Waals surface area contributed by atoms with E-state index in [4.69, 9.17) is 14.9 Å². The van der Waals surface area contributed by atoms with Crippen LogP contribution in [0.3, 0.4) is 0 Å². The van der Waals surface area contributed by atoms with Crippen LogP contribution in [0.15, 0.2) is 0 Å². The number of hydrogen-bond donors (Lipinski definition) is 3. The van der Waals surface area contributed by atoms with Crippen LogP contribution in [0.2, 0.25) is 0 Å². The van der Waals surface area contributed by atoms with Crippen LogP contribution in [0.1, 0.15) is 45.4 Å². The van der Waals surface area contributed by atoms with Crippen molar-refractivity contribution in [3.63, 3.8) is 0 Å². The van der Waals surface area contributed by atoms with Gasteiger partial charge in [-0.15, -0.1) is 0 Å². The van der Waals surface area contributed by atoms with Crippen molar-refractivity contribution in [3.05, 3.63) is 0 Å². The lowest BCUT2D eigenvalue weighted by Gasteiger charge is -2.20. The molecule has 0 aliphatic carbocycles. The van der Waals surface area contributed by atoms with E-state index in [0.29, 0.717) is 26.1 Å². The van der Waals surface area contributed by atoms with Gasteiger partial charge in [-0.3, -0.25) is 14.5 Å². The molecule has 0 saturated heterocycles. The Hall–Kier alpha value is -1.67. The first-order valence-corrected chi connectivity index (χ1v) is 8.46. The molecule has 0 unspecified atom stereocenters. The Kier molecular flexibility index (Phi) is 13.9. The number of rotatable bonds is 16. The summed E-state index contributed by atoms with van der Waals surface area (Å²) >= 11 is 0. The van der Waals surface area contributed by atoms with Crippen LogP contribution in [0, 0.1) is 0 Å². The number of carboxylic acids is 2. The van der Waals surface area contributed by atoms with Crippen LogP contribution in [0.5, 0.6) is 0 Å². The van der Waals surface area contributed by atoms with Gasteiger partial charge in [-0.25, -0.2) is 4.79 Å². The minimum atomic E-state index is -1.06. The fourth-order valence-electron chi connectivity index (χ4n) is 2.15. The van der Waals surface area contributed by atoms with Crippen molar-refractivity contribution in [2.24, 2.45) is 0 Å². The van der Waals surface area contributed by atoms with E-state index in [0.717, 1.165) is 19.3 Å². The number of unbranched alkanes of at least 4 members (excludes halogenated alkanes) is 4. The smallest absolute Gasteiger partial charge is 0.329 e. The Morgan fingerprint density at radius 3 is 2.33 bits per heavy atom. The highest BCUT2D eigenvalue weighted by Gasteiger charge is 2.10. The third kappa shape index (κ3) is 15.2. The van der Waals surface area contributed by atoms with Crippen molar-refractivity contribution in [2.45, 2.75) is 45.4 Å². The van der Waals surface area contributed by atoms with Gasteiger partial charge in [-0.2, -0.15) is 0 Å². The summed E-state index contributed by atoms with van der Waals surface area (Å²) in [5.41, 5.74) is 0. The van der Waals surface area contributed by atoms with Crippen LogP contribution >= 0.6 is 0 Å². The average molecular weight is 346 g/mol. The zero-order valence-electron chi connectivity index (χ0n) is 14.5. The third-order valence-corrected chi connectivity index (χ3v) is 3.39. The van der Waals surface area contributed by atoms with Gasteiger partial charge in [0.05, 0.1) is 13.2 Å². The Morgan fingerprint density at radius 1 is 1.00 bits per heavy atom. The maximum absolute atomic E-state index is 11.7. The van der Waals surface area contributed by atoms with Crippen molar-refractivity contribution < 1.29 is 29.3 Å². The van der Waals surface area contributed by atoms with Crippen molar-refractivity contribution in [1.29, 1.82) is 0 Å². The largest absolute Gasteiger partial charge is 0.480 e. The highest BCUT2D eigenvalue weighted by atomic mass is 16.5. The van der Waals surface area contributed by atoms with Crippen LogP contribution < -0.4 is 5.32 Å². The fourth-order valence-corrected chi connectivity index (χ4v) is 2.15. The lowest BCUT2D eigenvalue weighted by atomic mass is 10.1. The molecule has 8 nitrogen and oxygen atoms in total. The third-order valence-electron chi connectivity index (χ3n) is 3.39. The minimum absolute atomic E-state index is 0.0242. The van der Waals surface area contributed by atoms with Gasteiger partial charge in [0.1, 0.15) is 6.61 Å². The number of carboxylic acid groups (broad SMARTS) is 2. The Labute approximate surface area is 143 Å². The molecule has 0 aromatic rings. The molecule has 0 fully saturated rings. The first kappa shape index (κ1) is 22.3. The van der Waals surface area contributed by atoms with Crippen LogP contribution in [-0.2, 0) is 19.1 Å². The van der Waals surface area contributed by atoms with Gasteiger partial charge in [0, 0.05) is 26.1 Å². The van der Waals surface area contributed by atoms with Gasteiger partial charge in [-0.05, 0) is 6.42 Å². The molecule has 0 saturated carbocycles. The SMILES string of the molecule is CCCCCCCC(=O)NCCN(CCOCC(=O)O)CC(=O)O. The molecule has 8 heteroatoms. The summed E-state index contributed by atoms with van der Waals surface area (Å²) < 4.78 is 4.90. The number of ether oxygens (including phenoxy) is 1. The van der Waals surface area contributed by atoms with Crippen LogP contribution in [0.4, 0.5) is 0 Å². The van der Waals surface area contributed by atoms with Gasteiger partial charge >= 0.3 is 11.9 Å². The molecule has 0 rings (SSSR count). The van der Waals surface area contributed by atoms with E-state index < -0.39 is 18.5 Å². The molecule has 0 aliphatic rings. The number of hydrogen-bond acceptors (Lipinski definition) is 5. The van der Waals surface area contributed by atoms with Gasteiger partial charge in [0.25, 0.3) is 0 Å². The second-order valence-corrected chi connectivity index (χ2v) is 5.63. The summed E-state index contributed by atoms with van der Waals surface area (Å²) in [6.45, 7) is 2.73. The molecule has 0 bridgehead atoms. The highest BCUT2D eigenvalue weighted by Crippen LogP contribution is 2.04. The number of carbonyl (C=O) groups excluding carboxylic acids is 1. The van der Waals surface area contributed by atoms with Crippen LogP contribution in [0.25, 0.3) is 0 Å². The zero-order valence-corrected chi connectivity index (χ0v) is 14.5. The first-order chi connectivity index (χ1) is 11.5. The molecule has 1 amide bonds. The number of amides is 1. The van der Waals surface area contributed by atoms with Crippen molar-refractivity contribution in [3.8, 4) is 0 Å². The van der Waals surface area contributed by atoms with Gasteiger partial charge < -0.3 is 20.3 Å². The number of aliphatic carboxylic acids is 2. The maximum atomic E-state index is 11.7. The van der Waals surface area contributed by atoms with E-state index in [9.17, 15) is 14.4 Å². The average Bonchev–Trinajstić information content (AvgIpc) is 2.50. The molecule has 0 spiro atoms. The van der Waals surface area contributed by atoms with E-state index >= 15 is 0 Å². The maximum Gasteiger partial charge on any atom is 0.329 e. The summed E-state index contributed by atoms with van der Waals surface area (Å²) in [5.74, 6) is -2.06. The number of carbonyl (C=O) groups is 3. The monoisotopic (exact) mass is 346 g/mol. The zero-order chi connectivity index (χ0) is 18.2. The minimum Gasteiger partial charge on any atom is -0.480 e. The van der Waals surface area contributed by atoms with E-state index in [1.54, 1.807) is 4.90 Å². The normalized spacial score (nSPS) is 10.8. The van der Waals surface area contributed by atoms with Gasteiger partial charge in [-0.1, -0.05) is 32.6 Å². The molecule has 3 N–H and O–H groups in total. The predicted molar refractivity (Wildman–Crippen MR) is 88.9 cm³/mol. The molecule has 0 heterocycles. The summed E-state index contributed by atoms with van der Waals surface area (Å²) in [7, 11) is 0. The summed E-state index contributed by atoms with van der Waals surface area (Å²) in [6.07, 6.45) is 5.91. The van der Waals surface area contributed by atoms with E-state index in [2.05, 4.69) is 12.2 Å². The molecular formula is C16H30N2O6. The van der Waals surface area contributed by atoms with E-state index in [-0.39, 0.29) is 19.1 Å². The molecule has 0 atom stereocenters. The first-order valence-electron chi connectivity index (χ1n) is 8.46. The summed E-state index contributed by atoms with van der Waals surface area (Å²) in [4.78, 5) is 34.4. The topological polar surface area (TPSA) is 116 Å². The van der Waals surface area contributed by atoms with Crippen molar-refractivity contribution >= 4 is 17.8 Å². The summed E-state index contributed by atoms with van der Waals surface area (Å²) in [6, 6.07) is 0. The molecule has 0 aliphatic heterocycles. The quantitative estimate of drug-likeness (QED) is 0.356. The molecular weight excluding hydrogens is 316 g/mol. The molecule has 0 aromatic carbocycles. The summed E-state index contributed by atoms with van der Waals surface area (Å²) in [5, 5.41) is 20.1. The number of nitrogens with zero attached hydrogens (tertiary/aromatic N) is 1. The van der Waals surface area contributed by atoms with Gasteiger partial charge in [0.2, 0.25) is 5.91 Å². The molecule has 24 heavy (non-hydrogen) atoms. The van der Waals surface area contributed by atoms with E-state index in [1.807, 2.05) is 0 Å². The second-order valence-electron chi connectivity index (χ2n) is 5.63. The van der Waals surface area contributed by atoms with Crippen molar-refractivity contribution in [1.82, 2.24) is 10.2 Å². The van der Waals surface area contributed by atoms with Crippen LogP contribution in [-0.4, -0.2) is 72.4 Å². The van der Waals surface area contributed by atoms with Gasteiger partial charge in [0.15, 0.2) is 0 Å². The predicted octanol–water partition coefficient (Wildman–Crippen LogP) is 0.951. The number of nitrogens with one attached hydrogen (secondary N) is 1. The lowest BCUT2D eigenvalue weighted by molar-refractivity contribution is -0.143. The van der Waals surface area contributed by atoms with E-state index in [1.165, 1.54) is 12.8 Å². The Morgan fingerprint density at radius 2 is 1.71 bits per heavy atom. The molecule has 0 radical (unpaired) electrons. The molecule has 140 valence electrons. The Bertz CT molecular complexity index is 376. The Balaban J connectivity index is 3.85.